The van der Waals surface area contributed by atoms with Gasteiger partial charge in [-0.15, -0.1) is 11.3 Å². The molecule has 0 aliphatic rings. The average molecular weight is 610 g/mol. The first-order valence-electron chi connectivity index (χ1n) is 12.3. The molecule has 0 saturated carbocycles. The van der Waals surface area contributed by atoms with Crippen molar-refractivity contribution >= 4 is 58.0 Å². The fourth-order valence-corrected chi connectivity index (χ4v) is 5.79. The standard InChI is InChI=1S/C27H30Cl2N4O6S/c1-5-32(6-2)12-11-27(25(30)37,26-31-15-22(40-26)24(35)36)33(17-8-10-20(38-3)21(14-17)39-4)23(34)18-9-7-16(28)13-19(18)29/h7-10,13-15H,5-6,11-12H2,1-4H3,(H2,30,37)(H,35,36). The Balaban J connectivity index is 2.40. The number of hydrogen-bond donors (Lipinski definition) is 2. The van der Waals surface area contributed by atoms with Crippen LogP contribution in [0.3, 0.4) is 0 Å². The Labute approximate surface area is 246 Å². The summed E-state index contributed by atoms with van der Waals surface area (Å²) >= 11 is 13.3. The third-order valence-electron chi connectivity index (χ3n) is 6.53. The molecule has 1 aromatic heterocycles. The average Bonchev–Trinajstić information content (AvgIpc) is 3.43. The summed E-state index contributed by atoms with van der Waals surface area (Å²) in [5.41, 5.74) is 4.51. The minimum atomic E-state index is -1.92. The number of nitrogens with two attached hydrogens (primary N) is 1. The van der Waals surface area contributed by atoms with Crippen molar-refractivity contribution in [3.8, 4) is 11.5 Å². The molecule has 0 radical (unpaired) electrons. The molecule has 0 bridgehead atoms. The number of hydrogen-bond acceptors (Lipinski definition) is 8. The molecule has 1 atom stereocenters. The van der Waals surface area contributed by atoms with E-state index in [0.29, 0.717) is 30.4 Å². The Morgan fingerprint density at radius 3 is 2.25 bits per heavy atom. The second-order valence-corrected chi connectivity index (χ2v) is 10.5. The van der Waals surface area contributed by atoms with Crippen LogP contribution in [0, 0.1) is 0 Å². The number of amides is 2. The van der Waals surface area contributed by atoms with E-state index >= 15 is 0 Å². The Hall–Kier alpha value is -3.38. The molecule has 3 rings (SSSR count). The number of aromatic carboxylic acids is 1. The molecule has 10 nitrogen and oxygen atoms in total. The van der Waals surface area contributed by atoms with Gasteiger partial charge in [-0.05, 0) is 49.8 Å². The van der Waals surface area contributed by atoms with E-state index in [2.05, 4.69) is 9.88 Å². The van der Waals surface area contributed by atoms with Crippen LogP contribution in [0.4, 0.5) is 5.69 Å². The summed E-state index contributed by atoms with van der Waals surface area (Å²) < 4.78 is 10.8. The monoisotopic (exact) mass is 608 g/mol. The summed E-state index contributed by atoms with van der Waals surface area (Å²) in [5, 5.41) is 10.0. The number of rotatable bonds is 13. The summed E-state index contributed by atoms with van der Waals surface area (Å²) in [6.07, 6.45) is 1.14. The van der Waals surface area contributed by atoms with Gasteiger partial charge in [0.1, 0.15) is 9.88 Å². The van der Waals surface area contributed by atoms with E-state index in [1.807, 2.05) is 13.8 Å². The Morgan fingerprint density at radius 1 is 1.05 bits per heavy atom. The van der Waals surface area contributed by atoms with E-state index < -0.39 is 23.3 Å². The maximum Gasteiger partial charge on any atom is 0.347 e. The highest BCUT2D eigenvalue weighted by Gasteiger charge is 2.51. The molecule has 0 saturated heterocycles. The predicted octanol–water partition coefficient (Wildman–Crippen LogP) is 4.92. The van der Waals surface area contributed by atoms with Gasteiger partial charge in [-0.1, -0.05) is 37.0 Å². The zero-order valence-electron chi connectivity index (χ0n) is 22.4. The van der Waals surface area contributed by atoms with Crippen LogP contribution in [0.2, 0.25) is 10.0 Å². The van der Waals surface area contributed by atoms with Crippen LogP contribution in [0.5, 0.6) is 11.5 Å². The number of benzene rings is 2. The van der Waals surface area contributed by atoms with Crippen LogP contribution < -0.4 is 20.1 Å². The molecule has 2 aromatic carbocycles. The molecule has 2 amide bonds. The minimum Gasteiger partial charge on any atom is -0.493 e. The summed E-state index contributed by atoms with van der Waals surface area (Å²) in [4.78, 5) is 47.4. The van der Waals surface area contributed by atoms with Gasteiger partial charge in [0.05, 0.1) is 31.0 Å². The molecule has 40 heavy (non-hydrogen) atoms. The molecule has 1 unspecified atom stereocenters. The van der Waals surface area contributed by atoms with Gasteiger partial charge in [-0.2, -0.15) is 0 Å². The second kappa shape index (κ2) is 13.3. The number of ether oxygens (including phenoxy) is 2. The van der Waals surface area contributed by atoms with Crippen LogP contribution in [0.15, 0.2) is 42.6 Å². The highest BCUT2D eigenvalue weighted by molar-refractivity contribution is 7.13. The summed E-state index contributed by atoms with van der Waals surface area (Å²) in [6, 6.07) is 9.05. The fraction of sp³-hybridized carbons (Fsp3) is 0.333. The van der Waals surface area contributed by atoms with Gasteiger partial charge in [0.2, 0.25) is 0 Å². The highest BCUT2D eigenvalue weighted by Crippen LogP contribution is 2.43. The number of methoxy groups -OCH3 is 2. The molecule has 0 spiro atoms. The van der Waals surface area contributed by atoms with Gasteiger partial charge in [0, 0.05) is 23.3 Å². The first kappa shape index (κ1) is 31.2. The zero-order valence-corrected chi connectivity index (χ0v) is 24.8. The number of thiazole rings is 1. The van der Waals surface area contributed by atoms with Crippen molar-refractivity contribution in [1.82, 2.24) is 9.88 Å². The zero-order chi connectivity index (χ0) is 29.6. The molecule has 13 heteroatoms. The van der Waals surface area contributed by atoms with Crippen molar-refractivity contribution in [1.29, 1.82) is 0 Å². The number of carbonyl (C=O) groups excluding carboxylic acids is 2. The molecule has 3 aromatic rings. The van der Waals surface area contributed by atoms with E-state index in [1.54, 1.807) is 12.1 Å². The first-order chi connectivity index (χ1) is 19.0. The van der Waals surface area contributed by atoms with Crippen LogP contribution in [-0.4, -0.2) is 66.6 Å². The quantitative estimate of drug-likeness (QED) is 0.279. The van der Waals surface area contributed by atoms with Gasteiger partial charge in [-0.3, -0.25) is 14.5 Å². The van der Waals surface area contributed by atoms with Crippen LogP contribution in [0.1, 0.15) is 45.3 Å². The summed E-state index contributed by atoms with van der Waals surface area (Å²) in [6.45, 7) is 5.59. The Kier molecular flexibility index (Phi) is 10.4. The molecule has 0 aliphatic carbocycles. The third-order valence-corrected chi connectivity index (χ3v) is 8.22. The van der Waals surface area contributed by atoms with Gasteiger partial charge < -0.3 is 25.2 Å². The Morgan fingerprint density at radius 2 is 1.73 bits per heavy atom. The van der Waals surface area contributed by atoms with E-state index in [9.17, 15) is 19.5 Å². The van der Waals surface area contributed by atoms with Gasteiger partial charge in [0.15, 0.2) is 17.0 Å². The van der Waals surface area contributed by atoms with Crippen LogP contribution >= 0.6 is 34.5 Å². The number of carboxylic acid groups (broad SMARTS) is 1. The number of carbonyl (C=O) groups is 3. The third kappa shape index (κ3) is 6.17. The fourth-order valence-electron chi connectivity index (χ4n) is 4.34. The lowest BCUT2D eigenvalue weighted by Gasteiger charge is -2.41. The molecule has 3 N–H and O–H groups in total. The van der Waals surface area contributed by atoms with E-state index in [1.165, 1.54) is 43.4 Å². The van der Waals surface area contributed by atoms with Crippen LogP contribution in [-0.2, 0) is 10.3 Å². The second-order valence-electron chi connectivity index (χ2n) is 8.64. The number of anilines is 1. The smallest absolute Gasteiger partial charge is 0.347 e. The predicted molar refractivity (Wildman–Crippen MR) is 155 cm³/mol. The van der Waals surface area contributed by atoms with Crippen molar-refractivity contribution in [3.05, 3.63) is 68.1 Å². The van der Waals surface area contributed by atoms with Gasteiger partial charge in [-0.25, -0.2) is 9.78 Å². The Bertz CT molecular complexity index is 1400. The molecule has 0 fully saturated rings. The van der Waals surface area contributed by atoms with Crippen molar-refractivity contribution in [2.45, 2.75) is 25.8 Å². The first-order valence-corrected chi connectivity index (χ1v) is 13.8. The SMILES string of the molecule is CCN(CC)CCC(C(N)=O)(c1ncc(C(=O)O)s1)N(C(=O)c1ccc(Cl)cc1Cl)c1ccc(OC)c(OC)c1. The molecule has 0 aliphatic heterocycles. The lowest BCUT2D eigenvalue weighted by atomic mass is 9.90. The maximum atomic E-state index is 14.4. The van der Waals surface area contributed by atoms with E-state index in [0.717, 1.165) is 17.5 Å². The largest absolute Gasteiger partial charge is 0.493 e. The molecular formula is C27H30Cl2N4O6S. The summed E-state index contributed by atoms with van der Waals surface area (Å²) in [7, 11) is 2.90. The molecular weight excluding hydrogens is 579 g/mol. The van der Waals surface area contributed by atoms with Crippen molar-refractivity contribution < 1.29 is 29.0 Å². The van der Waals surface area contributed by atoms with E-state index in [4.69, 9.17) is 38.4 Å². The lowest BCUT2D eigenvalue weighted by molar-refractivity contribution is -0.123. The molecule has 1 heterocycles. The summed E-state index contributed by atoms with van der Waals surface area (Å²) in [5.74, 6) is -2.14. The van der Waals surface area contributed by atoms with Crippen molar-refractivity contribution in [2.75, 3.05) is 38.8 Å². The number of halogens is 2. The number of aromatic nitrogens is 1. The van der Waals surface area contributed by atoms with Gasteiger partial charge >= 0.3 is 5.97 Å². The highest BCUT2D eigenvalue weighted by atomic mass is 35.5. The van der Waals surface area contributed by atoms with Gasteiger partial charge in [0.25, 0.3) is 11.8 Å². The minimum absolute atomic E-state index is 0.00186. The van der Waals surface area contributed by atoms with Crippen LogP contribution in [0.25, 0.3) is 0 Å². The number of nitrogens with zero attached hydrogens (tertiary/aromatic N) is 3. The van der Waals surface area contributed by atoms with E-state index in [-0.39, 0.29) is 38.3 Å². The van der Waals surface area contributed by atoms with Crippen molar-refractivity contribution in [3.63, 3.8) is 0 Å². The van der Waals surface area contributed by atoms with Crippen molar-refractivity contribution in [2.24, 2.45) is 5.73 Å². The lowest BCUT2D eigenvalue weighted by Crippen LogP contribution is -2.59. The normalized spacial score (nSPS) is 12.6. The topological polar surface area (TPSA) is 135 Å². The number of carboxylic acids is 1. The molecule has 214 valence electrons. The maximum absolute atomic E-state index is 14.4. The number of primary amides is 1.